The maximum absolute atomic E-state index is 11.2. The second-order valence-corrected chi connectivity index (χ2v) is 14.2. The Balaban J connectivity index is 2.34. The quantitative estimate of drug-likeness (QED) is 0.516. The van der Waals surface area contributed by atoms with E-state index >= 15 is 0 Å². The molecule has 2 fully saturated rings. The first-order valence-corrected chi connectivity index (χ1v) is 11.5. The fourth-order valence-corrected chi connectivity index (χ4v) is 11.1. The lowest BCUT2D eigenvalue weighted by Crippen LogP contribution is -2.66. The molecule has 0 aromatic rings. The Bertz CT molecular complexity index is 446. The van der Waals surface area contributed by atoms with Crippen molar-refractivity contribution in [2.75, 3.05) is 13.7 Å². The van der Waals surface area contributed by atoms with Gasteiger partial charge in [-0.2, -0.15) is 0 Å². The number of fused-ring (bicyclic) bond motifs is 2. The highest BCUT2D eigenvalue weighted by Crippen LogP contribution is 2.49. The highest BCUT2D eigenvalue weighted by atomic mass is 28.4. The minimum atomic E-state index is -2.00. The van der Waals surface area contributed by atoms with Gasteiger partial charge in [-0.25, -0.2) is 0 Å². The highest BCUT2D eigenvalue weighted by Gasteiger charge is 2.66. The summed E-state index contributed by atoms with van der Waals surface area (Å²) in [5.41, 5.74) is 0.00760. The van der Waals surface area contributed by atoms with Crippen molar-refractivity contribution in [1.29, 1.82) is 0 Å². The average Bonchev–Trinajstić information content (AvgIpc) is 2.98. The first-order valence-electron chi connectivity index (χ1n) is 9.40. The van der Waals surface area contributed by atoms with Gasteiger partial charge >= 0.3 is 0 Å². The van der Waals surface area contributed by atoms with Crippen molar-refractivity contribution in [3.05, 3.63) is 12.7 Å². The zero-order valence-corrected chi connectivity index (χ0v) is 17.6. The molecule has 2 bridgehead atoms. The summed E-state index contributed by atoms with van der Waals surface area (Å²) in [6, 6.07) is 0.273. The van der Waals surface area contributed by atoms with Crippen LogP contribution in [0.5, 0.6) is 0 Å². The van der Waals surface area contributed by atoms with Crippen molar-refractivity contribution in [2.24, 2.45) is 0 Å². The molecular formula is C19H37NO3Si. The molecule has 2 aliphatic heterocycles. The number of nitrogens with one attached hydrogen (secondary N) is 1. The fraction of sp³-hybridized carbons (Fsp3) is 0.895. The van der Waals surface area contributed by atoms with E-state index < -0.39 is 19.5 Å². The summed E-state index contributed by atoms with van der Waals surface area (Å²) < 4.78 is 12.6. The largest absolute Gasteiger partial charge is 0.414 e. The number of aliphatic hydroxyl groups is 1. The molecule has 5 heteroatoms. The maximum Gasteiger partial charge on any atom is 0.200 e. The Morgan fingerprint density at radius 2 is 1.75 bits per heavy atom. The van der Waals surface area contributed by atoms with E-state index in [1.807, 2.05) is 0 Å². The second kappa shape index (κ2) is 6.84. The van der Waals surface area contributed by atoms with Gasteiger partial charge in [-0.3, -0.25) is 0 Å². The Hall–Kier alpha value is -0.203. The first-order chi connectivity index (χ1) is 11.1. The summed E-state index contributed by atoms with van der Waals surface area (Å²) in [7, 11) is -0.266. The van der Waals surface area contributed by atoms with Gasteiger partial charge in [-0.05, 0) is 29.5 Å². The lowest BCUT2D eigenvalue weighted by atomic mass is 9.72. The lowest BCUT2D eigenvalue weighted by Gasteiger charge is -2.49. The maximum atomic E-state index is 11.2. The normalized spacial score (nSPS) is 36.3. The summed E-state index contributed by atoms with van der Waals surface area (Å²) >= 11 is 0. The van der Waals surface area contributed by atoms with Crippen LogP contribution in [0, 0.1) is 0 Å². The van der Waals surface area contributed by atoms with Gasteiger partial charge in [0.2, 0.25) is 0 Å². The van der Waals surface area contributed by atoms with E-state index in [0.717, 1.165) is 6.42 Å². The minimum absolute atomic E-state index is 0.0440. The smallest absolute Gasteiger partial charge is 0.200 e. The molecule has 4 nitrogen and oxygen atoms in total. The molecule has 0 radical (unpaired) electrons. The van der Waals surface area contributed by atoms with Gasteiger partial charge in [-0.1, -0.05) is 47.6 Å². The van der Waals surface area contributed by atoms with Crippen molar-refractivity contribution in [1.82, 2.24) is 5.32 Å². The van der Waals surface area contributed by atoms with Gasteiger partial charge in [0.15, 0.2) is 8.32 Å². The summed E-state index contributed by atoms with van der Waals surface area (Å²) in [6.45, 7) is 18.1. The molecule has 140 valence electrons. The van der Waals surface area contributed by atoms with Gasteiger partial charge in [0.25, 0.3) is 0 Å². The summed E-state index contributed by atoms with van der Waals surface area (Å²) in [5, 5.41) is 14.9. The van der Waals surface area contributed by atoms with Crippen LogP contribution >= 0.6 is 0 Å². The average molecular weight is 356 g/mol. The number of hydrogen-bond acceptors (Lipinski definition) is 4. The predicted molar refractivity (Wildman–Crippen MR) is 102 cm³/mol. The van der Waals surface area contributed by atoms with Crippen LogP contribution in [0.25, 0.3) is 0 Å². The van der Waals surface area contributed by atoms with Crippen LogP contribution in [0.2, 0.25) is 16.6 Å². The van der Waals surface area contributed by atoms with Gasteiger partial charge in [0.05, 0.1) is 18.2 Å². The molecule has 2 saturated heterocycles. The Morgan fingerprint density at radius 1 is 1.21 bits per heavy atom. The van der Waals surface area contributed by atoms with E-state index in [0.29, 0.717) is 29.7 Å². The van der Waals surface area contributed by atoms with Crippen LogP contribution in [-0.4, -0.2) is 50.4 Å². The summed E-state index contributed by atoms with van der Waals surface area (Å²) in [5.74, 6) is 0. The minimum Gasteiger partial charge on any atom is -0.414 e. The third-order valence-corrected chi connectivity index (χ3v) is 12.8. The standard InChI is InChI=1S/C19H37NO3Si/c1-9-18(21)11-16-10-17(22-8)19(18,20-16)12-23-24(13(2)3,14(4)5)15(6)7/h9,13-17,20-21H,1,10-12H2,2-8H3/t16-,17-,18+,19+/m0/s1. The van der Waals surface area contributed by atoms with E-state index in [2.05, 4.69) is 53.4 Å². The molecule has 0 aromatic heterocycles. The predicted octanol–water partition coefficient (Wildman–Crippen LogP) is 3.62. The zero-order chi connectivity index (χ0) is 18.3. The van der Waals surface area contributed by atoms with Crippen molar-refractivity contribution in [3.63, 3.8) is 0 Å². The van der Waals surface area contributed by atoms with Gasteiger partial charge in [0.1, 0.15) is 5.60 Å². The number of methoxy groups -OCH3 is 1. The number of ether oxygens (including phenoxy) is 1. The third-order valence-electron chi connectivity index (χ3n) is 6.72. The fourth-order valence-electron chi connectivity index (χ4n) is 5.63. The molecule has 24 heavy (non-hydrogen) atoms. The van der Waals surface area contributed by atoms with Gasteiger partial charge < -0.3 is 19.6 Å². The highest BCUT2D eigenvalue weighted by molar-refractivity contribution is 6.77. The van der Waals surface area contributed by atoms with Crippen LogP contribution in [0.15, 0.2) is 12.7 Å². The SMILES string of the molecule is C=C[C@@]1(O)C[C@@H]2C[C@H](OC)[C@@]1(CO[Si](C(C)C)(C(C)C)C(C)C)N2. The molecule has 0 amide bonds. The topological polar surface area (TPSA) is 50.7 Å². The van der Waals surface area contributed by atoms with Crippen molar-refractivity contribution in [2.45, 2.75) is 94.3 Å². The van der Waals surface area contributed by atoms with Crippen LogP contribution in [-0.2, 0) is 9.16 Å². The Kier molecular flexibility index (Phi) is 5.73. The van der Waals surface area contributed by atoms with Crippen molar-refractivity contribution < 1.29 is 14.3 Å². The summed E-state index contributed by atoms with van der Waals surface area (Å²) in [4.78, 5) is 0. The molecule has 2 rings (SSSR count). The molecule has 0 unspecified atom stereocenters. The van der Waals surface area contributed by atoms with Crippen LogP contribution < -0.4 is 5.32 Å². The van der Waals surface area contributed by atoms with Crippen molar-refractivity contribution in [3.8, 4) is 0 Å². The molecule has 2 aliphatic rings. The van der Waals surface area contributed by atoms with Crippen LogP contribution in [0.1, 0.15) is 54.4 Å². The third kappa shape index (κ3) is 2.73. The Morgan fingerprint density at radius 3 is 2.17 bits per heavy atom. The van der Waals surface area contributed by atoms with E-state index in [1.54, 1.807) is 13.2 Å². The van der Waals surface area contributed by atoms with E-state index in [1.165, 1.54) is 0 Å². The van der Waals surface area contributed by atoms with E-state index in [-0.39, 0.29) is 12.1 Å². The van der Waals surface area contributed by atoms with E-state index in [9.17, 15) is 5.11 Å². The van der Waals surface area contributed by atoms with Gasteiger partial charge in [0, 0.05) is 13.2 Å². The molecule has 4 atom stereocenters. The first kappa shape index (κ1) is 20.1. The zero-order valence-electron chi connectivity index (χ0n) is 16.6. The second-order valence-electron chi connectivity index (χ2n) is 8.71. The molecule has 2 N–H and O–H groups in total. The molecule has 0 spiro atoms. The molecular weight excluding hydrogens is 318 g/mol. The molecule has 0 aliphatic carbocycles. The van der Waals surface area contributed by atoms with Crippen LogP contribution in [0.4, 0.5) is 0 Å². The van der Waals surface area contributed by atoms with Crippen LogP contribution in [0.3, 0.4) is 0 Å². The molecule has 0 aromatic carbocycles. The number of hydrogen-bond donors (Lipinski definition) is 2. The molecule has 0 saturated carbocycles. The van der Waals surface area contributed by atoms with Crippen molar-refractivity contribution >= 4 is 8.32 Å². The summed E-state index contributed by atoms with van der Waals surface area (Å²) in [6.07, 6.45) is 3.27. The number of rotatable bonds is 8. The lowest BCUT2D eigenvalue weighted by molar-refractivity contribution is -0.0876. The Labute approximate surface area is 149 Å². The van der Waals surface area contributed by atoms with E-state index in [4.69, 9.17) is 9.16 Å². The molecule has 2 heterocycles. The monoisotopic (exact) mass is 355 g/mol. The van der Waals surface area contributed by atoms with Gasteiger partial charge in [-0.15, -0.1) is 6.58 Å².